The lowest BCUT2D eigenvalue weighted by molar-refractivity contribution is 0.116. The van der Waals surface area contributed by atoms with Crippen LogP contribution in [0.15, 0.2) is 34.9 Å². The predicted octanol–water partition coefficient (Wildman–Crippen LogP) is 3.84. The smallest absolute Gasteiger partial charge is 0.314 e. The van der Waals surface area contributed by atoms with Crippen molar-refractivity contribution in [1.29, 1.82) is 0 Å². The number of halogens is 4. The zero-order chi connectivity index (χ0) is 18.3. The first-order valence-corrected chi connectivity index (χ1v) is 7.65. The molecule has 0 radical (unpaired) electrons. The van der Waals surface area contributed by atoms with Crippen molar-refractivity contribution in [2.45, 2.75) is 24.8 Å². The van der Waals surface area contributed by atoms with Crippen LogP contribution in [0.4, 0.5) is 23.5 Å². The van der Waals surface area contributed by atoms with E-state index in [1.54, 1.807) is 0 Å². The average Bonchev–Trinajstić information content (AvgIpc) is 3.19. The monoisotopic (exact) mass is 365 g/mol. The molecule has 1 aromatic carbocycles. The third kappa shape index (κ3) is 2.98. The Labute approximate surface area is 144 Å². The molecule has 1 saturated carbocycles. The minimum absolute atomic E-state index is 0.139. The van der Waals surface area contributed by atoms with Gasteiger partial charge in [-0.1, -0.05) is 6.07 Å². The molecule has 0 spiro atoms. The number of hydrogen-bond acceptors (Lipinski definition) is 6. The number of nitrogens with zero attached hydrogens (tertiary/aromatic N) is 4. The Balaban J connectivity index is 1.61. The van der Waals surface area contributed by atoms with E-state index in [1.165, 1.54) is 24.4 Å². The first-order valence-electron chi connectivity index (χ1n) is 7.65. The molecule has 1 aliphatic carbocycles. The minimum Gasteiger partial charge on any atom is -0.414 e. The molecule has 1 aliphatic rings. The van der Waals surface area contributed by atoms with E-state index in [0.29, 0.717) is 18.4 Å². The predicted molar refractivity (Wildman–Crippen MR) is 81.2 cm³/mol. The zero-order valence-corrected chi connectivity index (χ0v) is 13.1. The van der Waals surface area contributed by atoms with E-state index in [2.05, 4.69) is 25.5 Å². The van der Waals surface area contributed by atoms with Gasteiger partial charge >= 0.3 is 6.43 Å². The second kappa shape index (κ2) is 6.04. The van der Waals surface area contributed by atoms with Crippen LogP contribution in [0.2, 0.25) is 0 Å². The molecule has 0 amide bonds. The van der Waals surface area contributed by atoms with E-state index < -0.39 is 29.5 Å². The molecule has 0 unspecified atom stereocenters. The van der Waals surface area contributed by atoms with E-state index in [-0.39, 0.29) is 17.5 Å². The molecule has 4 rings (SSSR count). The Kier molecular flexibility index (Phi) is 3.82. The van der Waals surface area contributed by atoms with Crippen molar-refractivity contribution in [2.75, 3.05) is 5.32 Å². The number of benzene rings is 1. The SMILES string of the molecule is Fc1ccc(C2(Nc3nccc(-c4nnc(C(F)F)o4)n3)CC2)c(F)c1. The Morgan fingerprint density at radius 3 is 2.58 bits per heavy atom. The van der Waals surface area contributed by atoms with Crippen LogP contribution in [0.1, 0.15) is 30.7 Å². The highest BCUT2D eigenvalue weighted by atomic mass is 19.3. The van der Waals surface area contributed by atoms with E-state index in [4.69, 9.17) is 4.42 Å². The van der Waals surface area contributed by atoms with Crippen LogP contribution >= 0.6 is 0 Å². The van der Waals surface area contributed by atoms with Crippen molar-refractivity contribution in [3.8, 4) is 11.6 Å². The summed E-state index contributed by atoms with van der Waals surface area (Å²) in [5.74, 6) is -2.17. The molecule has 2 aromatic heterocycles. The molecule has 1 N–H and O–H groups in total. The molecule has 0 bridgehead atoms. The molecular weight excluding hydrogens is 354 g/mol. The summed E-state index contributed by atoms with van der Waals surface area (Å²) in [6.07, 6.45) is -0.279. The van der Waals surface area contributed by atoms with E-state index >= 15 is 0 Å². The highest BCUT2D eigenvalue weighted by Crippen LogP contribution is 2.48. The second-order valence-electron chi connectivity index (χ2n) is 5.84. The largest absolute Gasteiger partial charge is 0.414 e. The second-order valence-corrected chi connectivity index (χ2v) is 5.84. The fraction of sp³-hybridized carbons (Fsp3) is 0.250. The Morgan fingerprint density at radius 1 is 1.12 bits per heavy atom. The van der Waals surface area contributed by atoms with Gasteiger partial charge in [0, 0.05) is 17.8 Å². The zero-order valence-electron chi connectivity index (χ0n) is 13.1. The average molecular weight is 365 g/mol. The molecule has 3 aromatic rings. The topological polar surface area (TPSA) is 76.7 Å². The van der Waals surface area contributed by atoms with Gasteiger partial charge in [0.1, 0.15) is 17.3 Å². The van der Waals surface area contributed by atoms with Gasteiger partial charge in [0.05, 0.1) is 5.54 Å². The normalized spacial score (nSPS) is 15.3. The lowest BCUT2D eigenvalue weighted by Crippen LogP contribution is -2.22. The Morgan fingerprint density at radius 2 is 1.92 bits per heavy atom. The van der Waals surface area contributed by atoms with Gasteiger partial charge in [-0.25, -0.2) is 18.7 Å². The van der Waals surface area contributed by atoms with Crippen molar-refractivity contribution in [1.82, 2.24) is 20.2 Å². The molecule has 0 saturated heterocycles. The van der Waals surface area contributed by atoms with Crippen molar-refractivity contribution < 1.29 is 22.0 Å². The van der Waals surface area contributed by atoms with Gasteiger partial charge in [-0.3, -0.25) is 0 Å². The molecule has 6 nitrogen and oxygen atoms in total. The summed E-state index contributed by atoms with van der Waals surface area (Å²) in [6.45, 7) is 0. The van der Waals surface area contributed by atoms with E-state index in [1.807, 2.05) is 0 Å². The van der Waals surface area contributed by atoms with E-state index in [0.717, 1.165) is 6.07 Å². The Hall–Kier alpha value is -3.04. The van der Waals surface area contributed by atoms with Crippen molar-refractivity contribution >= 4 is 5.95 Å². The highest BCUT2D eigenvalue weighted by Gasteiger charge is 2.47. The lowest BCUT2D eigenvalue weighted by atomic mass is 10.0. The quantitative estimate of drug-likeness (QED) is 0.692. The summed E-state index contributed by atoms with van der Waals surface area (Å²) in [5.41, 5.74) is -0.276. The van der Waals surface area contributed by atoms with Crippen LogP contribution in [0.5, 0.6) is 0 Å². The molecule has 10 heteroatoms. The van der Waals surface area contributed by atoms with Gasteiger partial charge in [0.25, 0.3) is 11.8 Å². The first-order chi connectivity index (χ1) is 12.5. The van der Waals surface area contributed by atoms with Gasteiger partial charge < -0.3 is 9.73 Å². The van der Waals surface area contributed by atoms with Crippen LogP contribution in [-0.2, 0) is 5.54 Å². The molecule has 1 fully saturated rings. The number of hydrogen-bond donors (Lipinski definition) is 1. The van der Waals surface area contributed by atoms with Crippen LogP contribution in [0, 0.1) is 11.6 Å². The van der Waals surface area contributed by atoms with Gasteiger partial charge in [-0.2, -0.15) is 8.78 Å². The van der Waals surface area contributed by atoms with Gasteiger partial charge in [-0.15, -0.1) is 10.2 Å². The standard InChI is InChI=1S/C16H11F4N5O/c17-8-1-2-9(10(18)7-8)16(4-5-16)23-15-21-6-3-11(22-15)13-24-25-14(26-13)12(19)20/h1-3,6-7,12H,4-5H2,(H,21,22,23). The highest BCUT2D eigenvalue weighted by molar-refractivity contribution is 5.50. The van der Waals surface area contributed by atoms with Crippen LogP contribution < -0.4 is 5.32 Å². The maximum absolute atomic E-state index is 14.1. The molecule has 134 valence electrons. The third-order valence-electron chi connectivity index (χ3n) is 4.05. The summed E-state index contributed by atoms with van der Waals surface area (Å²) < 4.78 is 57.2. The fourth-order valence-electron chi connectivity index (χ4n) is 2.64. The fourth-order valence-corrected chi connectivity index (χ4v) is 2.64. The number of anilines is 1. The summed E-state index contributed by atoms with van der Waals surface area (Å²) >= 11 is 0. The third-order valence-corrected chi connectivity index (χ3v) is 4.05. The Bertz CT molecular complexity index is 957. The molecule has 0 atom stereocenters. The molecule has 2 heterocycles. The molecule has 0 aliphatic heterocycles. The first kappa shape index (κ1) is 16.4. The maximum Gasteiger partial charge on any atom is 0.314 e. The molecular formula is C16H11F4N5O. The van der Waals surface area contributed by atoms with Gasteiger partial charge in [-0.05, 0) is 25.0 Å². The number of nitrogens with one attached hydrogen (secondary N) is 1. The van der Waals surface area contributed by atoms with Gasteiger partial charge in [0.15, 0.2) is 0 Å². The minimum atomic E-state index is -2.88. The van der Waals surface area contributed by atoms with Crippen LogP contribution in [-0.4, -0.2) is 20.2 Å². The maximum atomic E-state index is 14.1. The van der Waals surface area contributed by atoms with Crippen molar-refractivity contribution in [3.63, 3.8) is 0 Å². The van der Waals surface area contributed by atoms with Crippen molar-refractivity contribution in [2.24, 2.45) is 0 Å². The summed E-state index contributed by atoms with van der Waals surface area (Å²) in [6, 6.07) is 4.80. The van der Waals surface area contributed by atoms with Gasteiger partial charge in [0.2, 0.25) is 5.95 Å². The summed E-state index contributed by atoms with van der Waals surface area (Å²) in [5, 5.41) is 9.79. The number of rotatable bonds is 5. The number of aromatic nitrogens is 4. The van der Waals surface area contributed by atoms with E-state index in [9.17, 15) is 17.6 Å². The van der Waals surface area contributed by atoms with Crippen molar-refractivity contribution in [3.05, 3.63) is 53.6 Å². The summed E-state index contributed by atoms with van der Waals surface area (Å²) in [4.78, 5) is 8.20. The number of alkyl halides is 2. The van der Waals surface area contributed by atoms with Crippen LogP contribution in [0.3, 0.4) is 0 Å². The summed E-state index contributed by atoms with van der Waals surface area (Å²) in [7, 11) is 0. The molecule has 26 heavy (non-hydrogen) atoms. The lowest BCUT2D eigenvalue weighted by Gasteiger charge is -2.18. The van der Waals surface area contributed by atoms with Crippen LogP contribution in [0.25, 0.3) is 11.6 Å².